The lowest BCUT2D eigenvalue weighted by Gasteiger charge is -2.23. The monoisotopic (exact) mass is 203 g/mol. The zero-order chi connectivity index (χ0) is 11.0. The van der Waals surface area contributed by atoms with E-state index >= 15 is 0 Å². The van der Waals surface area contributed by atoms with Crippen molar-refractivity contribution in [1.29, 1.82) is 0 Å². The number of ether oxygens (including phenoxy) is 2. The molecule has 0 fully saturated rings. The van der Waals surface area contributed by atoms with E-state index in [4.69, 9.17) is 9.47 Å². The normalized spacial score (nSPS) is 12.6. The Kier molecular flexibility index (Phi) is 7.42. The Morgan fingerprint density at radius 3 is 2.50 bits per heavy atom. The Hall–Kier alpha value is -0.610. The summed E-state index contributed by atoms with van der Waals surface area (Å²) < 4.78 is 10.2. The molecule has 4 nitrogen and oxygen atoms in total. The van der Waals surface area contributed by atoms with Crippen LogP contribution in [0.25, 0.3) is 0 Å². The summed E-state index contributed by atoms with van der Waals surface area (Å²) in [5.41, 5.74) is 0. The first-order valence-electron chi connectivity index (χ1n) is 5.06. The van der Waals surface area contributed by atoms with Crippen molar-refractivity contribution in [2.75, 3.05) is 33.4 Å². The zero-order valence-electron chi connectivity index (χ0n) is 9.58. The van der Waals surface area contributed by atoms with Crippen LogP contribution in [0.4, 0.5) is 0 Å². The van der Waals surface area contributed by atoms with Gasteiger partial charge in [0.05, 0.1) is 6.61 Å². The number of methoxy groups -OCH3 is 1. The van der Waals surface area contributed by atoms with Crippen molar-refractivity contribution in [2.24, 2.45) is 0 Å². The number of hydrogen-bond donors (Lipinski definition) is 0. The summed E-state index contributed by atoms with van der Waals surface area (Å²) in [6.07, 6.45) is -0.364. The number of hydrogen-bond acceptors (Lipinski definition) is 3. The van der Waals surface area contributed by atoms with Gasteiger partial charge in [-0.05, 0) is 20.8 Å². The van der Waals surface area contributed by atoms with E-state index in [0.29, 0.717) is 26.3 Å². The average molecular weight is 203 g/mol. The smallest absolute Gasteiger partial charge is 0.251 e. The Bertz CT molecular complexity index is 161. The van der Waals surface area contributed by atoms with Crippen LogP contribution in [0.15, 0.2) is 0 Å². The van der Waals surface area contributed by atoms with Gasteiger partial charge in [-0.1, -0.05) is 0 Å². The van der Waals surface area contributed by atoms with Crippen molar-refractivity contribution in [3.05, 3.63) is 0 Å². The fourth-order valence-electron chi connectivity index (χ4n) is 1.10. The highest BCUT2D eigenvalue weighted by Gasteiger charge is 2.17. The van der Waals surface area contributed by atoms with E-state index in [0.717, 1.165) is 0 Å². The molecule has 0 saturated heterocycles. The second-order valence-electron chi connectivity index (χ2n) is 2.99. The van der Waals surface area contributed by atoms with Crippen molar-refractivity contribution in [1.82, 2.24) is 4.90 Å². The highest BCUT2D eigenvalue weighted by Crippen LogP contribution is 1.98. The van der Waals surface area contributed by atoms with E-state index in [-0.39, 0.29) is 12.0 Å². The summed E-state index contributed by atoms with van der Waals surface area (Å²) in [6, 6.07) is 0. The van der Waals surface area contributed by atoms with Gasteiger partial charge in [0.2, 0.25) is 0 Å². The molecule has 0 aliphatic carbocycles. The molecule has 0 bridgehead atoms. The lowest BCUT2D eigenvalue weighted by atomic mass is 10.3. The molecule has 1 atom stereocenters. The Morgan fingerprint density at radius 2 is 2.07 bits per heavy atom. The summed E-state index contributed by atoms with van der Waals surface area (Å²) in [4.78, 5) is 13.4. The summed E-state index contributed by atoms with van der Waals surface area (Å²) in [7, 11) is 1.54. The van der Waals surface area contributed by atoms with Crippen molar-refractivity contribution in [2.45, 2.75) is 26.9 Å². The molecule has 0 aliphatic heterocycles. The van der Waals surface area contributed by atoms with Crippen LogP contribution < -0.4 is 0 Å². The summed E-state index contributed by atoms with van der Waals surface area (Å²) in [5, 5.41) is 0. The topological polar surface area (TPSA) is 38.8 Å². The molecule has 0 heterocycles. The third kappa shape index (κ3) is 4.58. The largest absolute Gasteiger partial charge is 0.380 e. The molecule has 14 heavy (non-hydrogen) atoms. The van der Waals surface area contributed by atoms with Gasteiger partial charge in [0.1, 0.15) is 6.10 Å². The van der Waals surface area contributed by atoms with Crippen LogP contribution in [0, 0.1) is 0 Å². The number of carbonyl (C=O) groups is 1. The molecular formula is C10H21NO3. The molecule has 0 N–H and O–H groups in total. The molecule has 0 rings (SSSR count). The van der Waals surface area contributed by atoms with Crippen molar-refractivity contribution >= 4 is 5.91 Å². The lowest BCUT2D eigenvalue weighted by molar-refractivity contribution is -0.141. The maximum atomic E-state index is 11.6. The number of likely N-dealkylation sites (N-methyl/N-ethyl adjacent to an activating group) is 1. The Balaban J connectivity index is 3.92. The van der Waals surface area contributed by atoms with Crippen molar-refractivity contribution in [3.63, 3.8) is 0 Å². The molecule has 1 amide bonds. The summed E-state index contributed by atoms with van der Waals surface area (Å²) in [6.45, 7) is 8.25. The van der Waals surface area contributed by atoms with Crippen LogP contribution in [0.3, 0.4) is 0 Å². The van der Waals surface area contributed by atoms with Gasteiger partial charge in [-0.2, -0.15) is 0 Å². The molecule has 0 saturated carbocycles. The van der Waals surface area contributed by atoms with Crippen molar-refractivity contribution < 1.29 is 14.3 Å². The van der Waals surface area contributed by atoms with E-state index in [1.807, 2.05) is 13.8 Å². The molecular weight excluding hydrogens is 182 g/mol. The minimum absolute atomic E-state index is 0.0229. The van der Waals surface area contributed by atoms with Crippen LogP contribution in [-0.2, 0) is 14.3 Å². The lowest BCUT2D eigenvalue weighted by Crippen LogP contribution is -2.40. The van der Waals surface area contributed by atoms with Gasteiger partial charge in [-0.25, -0.2) is 0 Å². The minimum atomic E-state index is -0.364. The third-order valence-electron chi connectivity index (χ3n) is 2.10. The number of amides is 1. The van der Waals surface area contributed by atoms with Gasteiger partial charge >= 0.3 is 0 Å². The highest BCUT2D eigenvalue weighted by atomic mass is 16.5. The van der Waals surface area contributed by atoms with Gasteiger partial charge in [0.25, 0.3) is 5.91 Å². The fraction of sp³-hybridized carbons (Fsp3) is 0.900. The first-order chi connectivity index (χ1) is 6.67. The van der Waals surface area contributed by atoms with Crippen LogP contribution in [0.2, 0.25) is 0 Å². The molecule has 84 valence electrons. The molecule has 0 spiro atoms. The first kappa shape index (κ1) is 13.4. The number of nitrogens with zero attached hydrogens (tertiary/aromatic N) is 1. The Morgan fingerprint density at radius 1 is 1.43 bits per heavy atom. The molecule has 0 aliphatic rings. The molecule has 4 heteroatoms. The third-order valence-corrected chi connectivity index (χ3v) is 2.10. The highest BCUT2D eigenvalue weighted by molar-refractivity contribution is 5.80. The van der Waals surface area contributed by atoms with Gasteiger partial charge in [-0.15, -0.1) is 0 Å². The molecule has 0 aromatic heterocycles. The predicted octanol–water partition coefficient (Wildman–Crippen LogP) is 0.906. The van der Waals surface area contributed by atoms with Crippen molar-refractivity contribution in [3.8, 4) is 0 Å². The van der Waals surface area contributed by atoms with E-state index in [9.17, 15) is 4.79 Å². The van der Waals surface area contributed by atoms with Gasteiger partial charge in [0, 0.05) is 26.8 Å². The van der Waals surface area contributed by atoms with Gasteiger partial charge < -0.3 is 14.4 Å². The zero-order valence-corrected chi connectivity index (χ0v) is 9.58. The SMILES string of the molecule is CCOCCN(CC)C(=O)C(C)OC. The maximum Gasteiger partial charge on any atom is 0.251 e. The molecule has 0 radical (unpaired) electrons. The summed E-state index contributed by atoms with van der Waals surface area (Å²) in [5.74, 6) is 0.0229. The van der Waals surface area contributed by atoms with E-state index in [1.165, 1.54) is 0 Å². The summed E-state index contributed by atoms with van der Waals surface area (Å²) >= 11 is 0. The second-order valence-corrected chi connectivity index (χ2v) is 2.99. The van der Waals surface area contributed by atoms with E-state index in [1.54, 1.807) is 18.9 Å². The quantitative estimate of drug-likeness (QED) is 0.577. The minimum Gasteiger partial charge on any atom is -0.380 e. The predicted molar refractivity (Wildman–Crippen MR) is 55.2 cm³/mol. The van der Waals surface area contributed by atoms with Crippen LogP contribution in [0.5, 0.6) is 0 Å². The second kappa shape index (κ2) is 7.76. The number of carbonyl (C=O) groups excluding carboxylic acids is 1. The van der Waals surface area contributed by atoms with Gasteiger partial charge in [-0.3, -0.25) is 4.79 Å². The first-order valence-corrected chi connectivity index (χ1v) is 5.06. The van der Waals surface area contributed by atoms with Gasteiger partial charge in [0.15, 0.2) is 0 Å². The number of rotatable bonds is 7. The van der Waals surface area contributed by atoms with Crippen LogP contribution in [0.1, 0.15) is 20.8 Å². The fourth-order valence-corrected chi connectivity index (χ4v) is 1.10. The van der Waals surface area contributed by atoms with E-state index in [2.05, 4.69) is 0 Å². The molecule has 0 aromatic carbocycles. The maximum absolute atomic E-state index is 11.6. The van der Waals surface area contributed by atoms with E-state index < -0.39 is 0 Å². The van der Waals surface area contributed by atoms with Crippen LogP contribution >= 0.6 is 0 Å². The molecule has 0 aromatic rings. The Labute approximate surface area is 86.2 Å². The standard InChI is InChI=1S/C10H21NO3/c1-5-11(7-8-14-6-2)10(12)9(3)13-4/h9H,5-8H2,1-4H3. The van der Waals surface area contributed by atoms with Crippen LogP contribution in [-0.4, -0.2) is 50.3 Å². The molecule has 1 unspecified atom stereocenters. The average Bonchev–Trinajstić information content (AvgIpc) is 2.22.